The van der Waals surface area contributed by atoms with Gasteiger partial charge < -0.3 is 20.0 Å². The van der Waals surface area contributed by atoms with Gasteiger partial charge in [-0.25, -0.2) is 9.67 Å². The Morgan fingerprint density at radius 3 is 2.45 bits per heavy atom. The number of imide groups is 1. The first-order chi connectivity index (χ1) is 32.0. The molecule has 340 valence electrons. The highest BCUT2D eigenvalue weighted by Gasteiger charge is 2.45. The van der Waals surface area contributed by atoms with Gasteiger partial charge in [-0.05, 0) is 98.0 Å². The topological polar surface area (TPSA) is 202 Å². The monoisotopic (exact) mass is 892 g/mol. The number of benzene rings is 2. The van der Waals surface area contributed by atoms with Gasteiger partial charge in [0, 0.05) is 113 Å². The number of H-pyrrole nitrogens is 1. The maximum Gasteiger partial charge on any atom is 0.262 e. The van der Waals surface area contributed by atoms with E-state index < -0.39 is 17.9 Å². The molecule has 4 fully saturated rings. The fraction of sp³-hybridized carbons (Fsp3) is 0.447. The molecule has 66 heavy (non-hydrogen) atoms. The van der Waals surface area contributed by atoms with Gasteiger partial charge in [0.25, 0.3) is 17.7 Å². The van der Waals surface area contributed by atoms with Crippen LogP contribution in [-0.4, -0.2) is 157 Å². The normalized spacial score (nSPS) is 22.4. The van der Waals surface area contributed by atoms with Crippen molar-refractivity contribution in [2.24, 2.45) is 5.92 Å². The second-order valence-corrected chi connectivity index (χ2v) is 18.6. The van der Waals surface area contributed by atoms with E-state index in [1.54, 1.807) is 10.7 Å². The Balaban J connectivity index is 0.654. The molecule has 8 heterocycles. The number of anilines is 4. The molecule has 0 bridgehead atoms. The number of allylic oxidation sites excluding steroid dienone is 1. The fourth-order valence-corrected chi connectivity index (χ4v) is 10.9. The van der Waals surface area contributed by atoms with E-state index in [-0.39, 0.29) is 42.8 Å². The number of nitrogens with one attached hydrogen (secondary N) is 2. The first-order valence-electron chi connectivity index (χ1n) is 23.0. The number of pyridine rings is 1. The van der Waals surface area contributed by atoms with E-state index in [1.807, 2.05) is 68.4 Å². The molecule has 5 aliphatic heterocycles. The zero-order chi connectivity index (χ0) is 45.4. The summed E-state index contributed by atoms with van der Waals surface area (Å²) in [6.07, 6.45) is 4.10. The first-order valence-corrected chi connectivity index (χ1v) is 23.0. The molecule has 2 N–H and O–H groups in total. The van der Waals surface area contributed by atoms with Crippen molar-refractivity contribution in [3.63, 3.8) is 0 Å². The van der Waals surface area contributed by atoms with Crippen LogP contribution >= 0.6 is 0 Å². The summed E-state index contributed by atoms with van der Waals surface area (Å²) in [4.78, 5) is 82.2. The van der Waals surface area contributed by atoms with Gasteiger partial charge in [-0.3, -0.25) is 43.8 Å². The highest BCUT2D eigenvalue weighted by molar-refractivity contribution is 6.24. The van der Waals surface area contributed by atoms with Crippen LogP contribution in [0.1, 0.15) is 72.7 Å². The number of hydrogen-bond donors (Lipinski definition) is 2. The van der Waals surface area contributed by atoms with Crippen molar-refractivity contribution < 1.29 is 24.0 Å². The van der Waals surface area contributed by atoms with E-state index in [2.05, 4.69) is 56.7 Å². The quantitative estimate of drug-likeness (QED) is 0.161. The minimum Gasteiger partial charge on any atom is -0.371 e. The number of aromatic amines is 1. The summed E-state index contributed by atoms with van der Waals surface area (Å²) in [5, 5.41) is 23.9. The maximum atomic E-state index is 13.7. The molecule has 5 aromatic rings. The number of ketones is 2. The molecule has 1 unspecified atom stereocenters. The number of piperazine rings is 1. The van der Waals surface area contributed by atoms with Crippen molar-refractivity contribution >= 4 is 63.3 Å². The second kappa shape index (κ2) is 16.5. The van der Waals surface area contributed by atoms with Gasteiger partial charge >= 0.3 is 0 Å². The van der Waals surface area contributed by atoms with E-state index in [4.69, 9.17) is 4.98 Å². The van der Waals surface area contributed by atoms with Gasteiger partial charge in [0.1, 0.15) is 17.3 Å². The summed E-state index contributed by atoms with van der Waals surface area (Å²) in [7, 11) is 1.85. The van der Waals surface area contributed by atoms with Gasteiger partial charge in [-0.1, -0.05) is 5.10 Å². The minimum atomic E-state index is -0.857. The molecule has 3 amide bonds. The number of tetrazole rings is 1. The average molecular weight is 893 g/mol. The number of piperidine rings is 1. The highest BCUT2D eigenvalue weighted by Crippen LogP contribution is 2.36. The van der Waals surface area contributed by atoms with Crippen LogP contribution in [0.5, 0.6) is 0 Å². The Kier molecular flexibility index (Phi) is 10.5. The molecule has 2 atom stereocenters. The van der Waals surface area contributed by atoms with Gasteiger partial charge in [-0.2, -0.15) is 5.10 Å². The summed E-state index contributed by atoms with van der Waals surface area (Å²) in [5.41, 5.74) is 6.26. The molecule has 2 aromatic carbocycles. The lowest BCUT2D eigenvalue weighted by Crippen LogP contribution is -2.59. The number of carbonyl (C=O) groups excluding carboxylic acids is 5. The summed E-state index contributed by atoms with van der Waals surface area (Å²) in [6.45, 7) is 12.6. The predicted molar refractivity (Wildman–Crippen MR) is 245 cm³/mol. The van der Waals surface area contributed by atoms with Crippen LogP contribution in [0.3, 0.4) is 0 Å². The van der Waals surface area contributed by atoms with Crippen LogP contribution in [0.2, 0.25) is 0 Å². The summed E-state index contributed by atoms with van der Waals surface area (Å²) >= 11 is 0. The Labute approximate surface area is 380 Å². The summed E-state index contributed by atoms with van der Waals surface area (Å²) in [6, 6.07) is 14.6. The molecule has 1 aliphatic carbocycles. The average Bonchev–Trinajstić information content (AvgIpc) is 4.04. The molecule has 0 spiro atoms. The Morgan fingerprint density at radius 2 is 1.67 bits per heavy atom. The van der Waals surface area contributed by atoms with Crippen LogP contribution in [0, 0.1) is 5.92 Å². The van der Waals surface area contributed by atoms with Gasteiger partial charge in [0.15, 0.2) is 5.78 Å². The van der Waals surface area contributed by atoms with Crippen molar-refractivity contribution in [1.29, 1.82) is 0 Å². The number of nitrogens with zero attached hydrogens (tertiary/aromatic N) is 12. The number of hydrogen-bond acceptors (Lipinski definition) is 15. The van der Waals surface area contributed by atoms with Gasteiger partial charge in [-0.15, -0.1) is 0 Å². The van der Waals surface area contributed by atoms with Crippen LogP contribution in [0.15, 0.2) is 66.0 Å². The van der Waals surface area contributed by atoms with E-state index in [9.17, 15) is 24.0 Å². The van der Waals surface area contributed by atoms with Crippen molar-refractivity contribution in [3.05, 3.63) is 77.1 Å². The number of amides is 3. The zero-order valence-electron chi connectivity index (χ0n) is 37.3. The lowest BCUT2D eigenvalue weighted by atomic mass is 9.92. The van der Waals surface area contributed by atoms with Gasteiger partial charge in [0.2, 0.25) is 5.95 Å². The third-order valence-corrected chi connectivity index (χ3v) is 14.7. The minimum absolute atomic E-state index is 0.137. The van der Waals surface area contributed by atoms with Crippen molar-refractivity contribution in [1.82, 2.24) is 50.1 Å². The van der Waals surface area contributed by atoms with E-state index >= 15 is 0 Å². The van der Waals surface area contributed by atoms with E-state index in [0.717, 1.165) is 116 Å². The fourth-order valence-electron chi connectivity index (χ4n) is 10.9. The number of rotatable bonds is 9. The van der Waals surface area contributed by atoms with Crippen molar-refractivity contribution in [2.45, 2.75) is 64.1 Å². The third-order valence-electron chi connectivity index (χ3n) is 14.7. The lowest BCUT2D eigenvalue weighted by molar-refractivity contribution is -0.132. The van der Waals surface area contributed by atoms with Crippen LogP contribution in [0.25, 0.3) is 22.2 Å². The molecule has 6 aliphatic rings. The summed E-state index contributed by atoms with van der Waals surface area (Å²) in [5.74, 6) is 0.580. The molecule has 11 rings (SSSR count). The van der Waals surface area contributed by atoms with Crippen LogP contribution in [0.4, 0.5) is 23.1 Å². The summed E-state index contributed by atoms with van der Waals surface area (Å²) < 4.78 is 1.65. The van der Waals surface area contributed by atoms with Crippen LogP contribution in [-0.2, 0) is 14.4 Å². The number of aromatic nitrogens is 7. The second-order valence-electron chi connectivity index (χ2n) is 18.6. The lowest BCUT2D eigenvalue weighted by Gasteiger charge is -2.49. The Hall–Kier alpha value is -6.86. The molecule has 19 nitrogen and oxygen atoms in total. The number of likely N-dealkylation sites (tertiary alicyclic amines) is 1. The van der Waals surface area contributed by atoms with Crippen LogP contribution < -0.4 is 20.0 Å². The number of carbonyl (C=O) groups is 5. The Bertz CT molecular complexity index is 2830. The SMILES string of the molecule is CC1=C(C(=O)Nc2ccc3[nH]nc(-c4ccnc(N5CCN(CC6CN(C7CCN(c8ccc9c(c8)C(=O)N(C8CCC(=O)CC8=O)C9=O)CC7)C6)CC5)c4)c3c2)[C@@H](C)n2nnnc2N1C. The van der Waals surface area contributed by atoms with Crippen molar-refractivity contribution in [2.75, 3.05) is 86.0 Å². The largest absolute Gasteiger partial charge is 0.371 e. The number of Topliss-reactive ketones (excluding diaryl/α,β-unsaturated/α-hetero) is 2. The standard InChI is InChI=1S/C47H52N14O5/c1-27-42(28(2)61-47(55(27)3)52-53-54-61)44(64)49-31-4-8-38-37(21-31)43(51-50-38)30-10-13-48-41(20-30)58-18-16-56(17-19-58)24-29-25-59(26-29)32-11-14-57(15-12-32)33-5-7-35-36(22-33)46(66)60(45(35)65)39-9-6-34(62)23-40(39)63/h4-5,7-8,10,13,20-22,28-29,32,39H,6,9,11-12,14-19,23-26H2,1-3H3,(H,49,64)(H,50,51)/t28-,39?/m1/s1. The molecule has 1 saturated carbocycles. The van der Waals surface area contributed by atoms with Crippen molar-refractivity contribution in [3.8, 4) is 11.3 Å². The van der Waals surface area contributed by atoms with E-state index in [0.29, 0.717) is 40.3 Å². The molecular weight excluding hydrogens is 841 g/mol. The zero-order valence-corrected chi connectivity index (χ0v) is 37.3. The smallest absolute Gasteiger partial charge is 0.262 e. The number of fused-ring (bicyclic) bond motifs is 3. The molecule has 3 saturated heterocycles. The highest BCUT2D eigenvalue weighted by atomic mass is 16.2. The molecular formula is C47H52N14O5. The predicted octanol–water partition coefficient (Wildman–Crippen LogP) is 3.54. The molecule has 19 heteroatoms. The van der Waals surface area contributed by atoms with Gasteiger partial charge in [0.05, 0.1) is 40.7 Å². The molecule has 0 radical (unpaired) electrons. The maximum absolute atomic E-state index is 13.7. The third kappa shape index (κ3) is 7.29. The van der Waals surface area contributed by atoms with E-state index in [1.165, 1.54) is 0 Å². The first kappa shape index (κ1) is 41.8. The molecule has 3 aromatic heterocycles. The Morgan fingerprint density at radius 1 is 0.879 bits per heavy atom.